The molecule has 0 unspecified atom stereocenters. The number of rotatable bonds is 5. The van der Waals surface area contributed by atoms with Gasteiger partial charge in [-0.05, 0) is 55.3 Å². The van der Waals surface area contributed by atoms with Gasteiger partial charge in [0, 0.05) is 42.7 Å². The summed E-state index contributed by atoms with van der Waals surface area (Å²) in [5.74, 6) is 0.887. The van der Waals surface area contributed by atoms with Gasteiger partial charge in [0.15, 0.2) is 0 Å². The fourth-order valence-electron chi connectivity index (χ4n) is 4.32. The van der Waals surface area contributed by atoms with Crippen molar-refractivity contribution in [3.8, 4) is 11.4 Å². The fraction of sp³-hybridized carbons (Fsp3) is 0.320. The van der Waals surface area contributed by atoms with Gasteiger partial charge in [0.05, 0.1) is 35.3 Å². The SMILES string of the molecule is COc1ccc(C(=O)N2CCN(C(=O)c3cnn(-c4ccc(Cl)cc4Cl)c3C3CC3)CC2)cc1. The van der Waals surface area contributed by atoms with Gasteiger partial charge in [-0.3, -0.25) is 9.59 Å². The van der Waals surface area contributed by atoms with Crippen molar-refractivity contribution in [3.05, 3.63) is 75.5 Å². The van der Waals surface area contributed by atoms with E-state index >= 15 is 0 Å². The first kappa shape index (κ1) is 22.7. The molecule has 5 rings (SSSR count). The summed E-state index contributed by atoms with van der Waals surface area (Å²) in [6, 6.07) is 12.3. The summed E-state index contributed by atoms with van der Waals surface area (Å²) in [7, 11) is 1.59. The third-order valence-electron chi connectivity index (χ3n) is 6.33. The summed E-state index contributed by atoms with van der Waals surface area (Å²) in [5, 5.41) is 5.55. The van der Waals surface area contributed by atoms with Crippen molar-refractivity contribution >= 4 is 35.0 Å². The quantitative estimate of drug-likeness (QED) is 0.512. The molecule has 1 aliphatic heterocycles. The average molecular weight is 499 g/mol. The summed E-state index contributed by atoms with van der Waals surface area (Å²) in [6.07, 6.45) is 3.67. The van der Waals surface area contributed by atoms with Crippen LogP contribution in [0.4, 0.5) is 0 Å². The Morgan fingerprint density at radius 1 is 0.941 bits per heavy atom. The molecular formula is C25H24Cl2N4O3. The van der Waals surface area contributed by atoms with Crippen LogP contribution in [0.3, 0.4) is 0 Å². The van der Waals surface area contributed by atoms with Crippen LogP contribution < -0.4 is 4.74 Å². The third kappa shape index (κ3) is 4.38. The lowest BCUT2D eigenvalue weighted by molar-refractivity contribution is 0.0534. The number of hydrogen-bond acceptors (Lipinski definition) is 4. The predicted octanol–water partition coefficient (Wildman–Crippen LogP) is 4.66. The Bertz CT molecular complexity index is 1230. The first-order valence-corrected chi connectivity index (χ1v) is 12.0. The molecule has 0 bridgehead atoms. The molecule has 2 aliphatic rings. The van der Waals surface area contributed by atoms with Crippen LogP contribution in [0, 0.1) is 0 Å². The standard InChI is InChI=1S/C25H24Cl2N4O3/c1-34-19-7-4-17(5-8-19)24(32)29-10-12-30(13-11-29)25(33)20-15-28-31(23(20)16-2-3-16)22-9-6-18(26)14-21(22)27/h4-9,14-16H,2-3,10-13H2,1H3. The number of nitrogens with zero attached hydrogens (tertiary/aromatic N) is 4. The number of amides is 2. The Kier molecular flexibility index (Phi) is 6.23. The van der Waals surface area contributed by atoms with Gasteiger partial charge in [0.25, 0.3) is 11.8 Å². The molecule has 0 atom stereocenters. The predicted molar refractivity (Wildman–Crippen MR) is 130 cm³/mol. The number of carbonyl (C=O) groups excluding carboxylic acids is 2. The lowest BCUT2D eigenvalue weighted by atomic mass is 10.1. The van der Waals surface area contributed by atoms with Gasteiger partial charge >= 0.3 is 0 Å². The van der Waals surface area contributed by atoms with Crippen LogP contribution >= 0.6 is 23.2 Å². The number of hydrogen-bond donors (Lipinski definition) is 0. The van der Waals surface area contributed by atoms with Crippen molar-refractivity contribution in [1.82, 2.24) is 19.6 Å². The number of halogens is 2. The number of methoxy groups -OCH3 is 1. The van der Waals surface area contributed by atoms with Crippen molar-refractivity contribution in [1.29, 1.82) is 0 Å². The molecular weight excluding hydrogens is 475 g/mol. The minimum absolute atomic E-state index is 0.0429. The third-order valence-corrected chi connectivity index (χ3v) is 6.87. The van der Waals surface area contributed by atoms with Gasteiger partial charge < -0.3 is 14.5 Å². The average Bonchev–Trinajstić information content (AvgIpc) is 3.61. The second-order valence-electron chi connectivity index (χ2n) is 8.54. The molecule has 9 heteroatoms. The van der Waals surface area contributed by atoms with E-state index in [1.165, 1.54) is 0 Å². The Balaban J connectivity index is 1.31. The van der Waals surface area contributed by atoms with E-state index in [0.29, 0.717) is 58.8 Å². The zero-order chi connectivity index (χ0) is 23.8. The van der Waals surface area contributed by atoms with Crippen molar-refractivity contribution in [2.45, 2.75) is 18.8 Å². The lowest BCUT2D eigenvalue weighted by Gasteiger charge is -2.35. The maximum atomic E-state index is 13.5. The van der Waals surface area contributed by atoms with E-state index in [2.05, 4.69) is 5.10 Å². The summed E-state index contributed by atoms with van der Waals surface area (Å²) in [6.45, 7) is 1.90. The van der Waals surface area contributed by atoms with Crippen LogP contribution in [0.5, 0.6) is 5.75 Å². The molecule has 1 saturated carbocycles. The van der Waals surface area contributed by atoms with Crippen LogP contribution in [0.1, 0.15) is 45.2 Å². The smallest absolute Gasteiger partial charge is 0.257 e. The Morgan fingerprint density at radius 2 is 1.59 bits per heavy atom. The molecule has 1 aliphatic carbocycles. The van der Waals surface area contributed by atoms with Crippen LogP contribution in [0.25, 0.3) is 5.69 Å². The lowest BCUT2D eigenvalue weighted by Crippen LogP contribution is -2.50. The monoisotopic (exact) mass is 498 g/mol. The first-order valence-electron chi connectivity index (χ1n) is 11.2. The first-order chi connectivity index (χ1) is 16.5. The zero-order valence-corrected chi connectivity index (χ0v) is 20.2. The summed E-state index contributed by atoms with van der Waals surface area (Å²) >= 11 is 12.5. The molecule has 0 N–H and O–H groups in total. The number of ether oxygens (including phenoxy) is 1. The maximum Gasteiger partial charge on any atom is 0.257 e. The topological polar surface area (TPSA) is 67.7 Å². The summed E-state index contributed by atoms with van der Waals surface area (Å²) in [5.41, 5.74) is 2.81. The van der Waals surface area contributed by atoms with E-state index < -0.39 is 0 Å². The van der Waals surface area contributed by atoms with Crippen molar-refractivity contribution in [2.75, 3.05) is 33.3 Å². The minimum atomic E-state index is -0.0604. The molecule has 1 saturated heterocycles. The van der Waals surface area contributed by atoms with Gasteiger partial charge in [-0.15, -0.1) is 0 Å². The zero-order valence-electron chi connectivity index (χ0n) is 18.7. The number of piperazine rings is 1. The fourth-order valence-corrected chi connectivity index (χ4v) is 4.80. The van der Waals surface area contributed by atoms with Gasteiger partial charge in [0.2, 0.25) is 0 Å². The molecule has 2 heterocycles. The minimum Gasteiger partial charge on any atom is -0.497 e. The molecule has 2 aromatic carbocycles. The molecule has 3 aromatic rings. The van der Waals surface area contributed by atoms with Crippen molar-refractivity contribution < 1.29 is 14.3 Å². The molecule has 0 radical (unpaired) electrons. The maximum absolute atomic E-state index is 13.5. The van der Waals surface area contributed by atoms with E-state index in [1.54, 1.807) is 64.2 Å². The van der Waals surface area contributed by atoms with Crippen LogP contribution in [0.15, 0.2) is 48.7 Å². The molecule has 7 nitrogen and oxygen atoms in total. The summed E-state index contributed by atoms with van der Waals surface area (Å²) in [4.78, 5) is 29.9. The number of benzene rings is 2. The van der Waals surface area contributed by atoms with Crippen molar-refractivity contribution in [2.24, 2.45) is 0 Å². The van der Waals surface area contributed by atoms with E-state index in [4.69, 9.17) is 27.9 Å². The molecule has 2 amide bonds. The van der Waals surface area contributed by atoms with Crippen LogP contribution in [-0.4, -0.2) is 64.7 Å². The summed E-state index contributed by atoms with van der Waals surface area (Å²) < 4.78 is 6.93. The van der Waals surface area contributed by atoms with E-state index in [9.17, 15) is 9.59 Å². The molecule has 2 fully saturated rings. The van der Waals surface area contributed by atoms with E-state index in [1.807, 2.05) is 6.07 Å². The van der Waals surface area contributed by atoms with Gasteiger partial charge in [-0.25, -0.2) is 4.68 Å². The van der Waals surface area contributed by atoms with Crippen LogP contribution in [-0.2, 0) is 0 Å². The van der Waals surface area contributed by atoms with Gasteiger partial charge in [-0.2, -0.15) is 5.10 Å². The van der Waals surface area contributed by atoms with Gasteiger partial charge in [0.1, 0.15) is 5.75 Å². The highest BCUT2D eigenvalue weighted by Gasteiger charge is 2.35. The Hall–Kier alpha value is -3.03. The molecule has 0 spiro atoms. The largest absolute Gasteiger partial charge is 0.497 e. The molecule has 34 heavy (non-hydrogen) atoms. The Morgan fingerprint density at radius 3 is 2.18 bits per heavy atom. The normalized spacial score (nSPS) is 16.0. The molecule has 176 valence electrons. The Labute approximate surface area is 207 Å². The molecule has 1 aromatic heterocycles. The van der Waals surface area contributed by atoms with Gasteiger partial charge in [-0.1, -0.05) is 23.2 Å². The van der Waals surface area contributed by atoms with Crippen LogP contribution in [0.2, 0.25) is 10.0 Å². The number of aromatic nitrogens is 2. The van der Waals surface area contributed by atoms with Crippen molar-refractivity contribution in [3.63, 3.8) is 0 Å². The highest BCUT2D eigenvalue weighted by atomic mass is 35.5. The number of carbonyl (C=O) groups is 2. The second-order valence-corrected chi connectivity index (χ2v) is 9.38. The van der Waals surface area contributed by atoms with E-state index in [0.717, 1.165) is 18.5 Å². The highest BCUT2D eigenvalue weighted by Crippen LogP contribution is 2.43. The van der Waals surface area contributed by atoms with E-state index in [-0.39, 0.29) is 17.7 Å². The second kappa shape index (κ2) is 9.31. The highest BCUT2D eigenvalue weighted by molar-refractivity contribution is 6.35.